The molecule has 3 nitrogen and oxygen atoms in total. The largest absolute Gasteiger partial charge is 0.453 e. The molecule has 0 spiro atoms. The summed E-state index contributed by atoms with van der Waals surface area (Å²) in [5, 5.41) is 3.94. The van der Waals surface area contributed by atoms with E-state index < -0.39 is 5.60 Å². The van der Waals surface area contributed by atoms with Crippen molar-refractivity contribution in [1.82, 2.24) is 0 Å². The summed E-state index contributed by atoms with van der Waals surface area (Å²) in [5.41, 5.74) is 1.47. The maximum atomic E-state index is 6.24. The molecule has 4 heteroatoms. The molecular formula is C18H19ClN2O. The van der Waals surface area contributed by atoms with Crippen molar-refractivity contribution in [3.8, 4) is 0 Å². The van der Waals surface area contributed by atoms with E-state index in [9.17, 15) is 0 Å². The van der Waals surface area contributed by atoms with Gasteiger partial charge in [-0.05, 0) is 32.0 Å². The van der Waals surface area contributed by atoms with E-state index in [4.69, 9.17) is 16.3 Å². The lowest BCUT2D eigenvalue weighted by Crippen LogP contribution is -2.42. The molecule has 1 heterocycles. The molecule has 1 aliphatic carbocycles. The average molecular weight is 315 g/mol. The number of benzene rings is 1. The number of nitrogens with one attached hydrogen (secondary N) is 1. The second-order valence-corrected chi connectivity index (χ2v) is 5.92. The van der Waals surface area contributed by atoms with E-state index >= 15 is 0 Å². The van der Waals surface area contributed by atoms with Crippen molar-refractivity contribution in [2.45, 2.75) is 19.4 Å². The molecule has 0 amide bonds. The molecule has 114 valence electrons. The van der Waals surface area contributed by atoms with Crippen LogP contribution in [0.1, 0.15) is 19.4 Å². The summed E-state index contributed by atoms with van der Waals surface area (Å²) >= 11 is 6.21. The zero-order chi connectivity index (χ0) is 15.6. The minimum atomic E-state index is -0.557. The number of halogens is 1. The summed E-state index contributed by atoms with van der Waals surface area (Å²) < 4.78 is 6.24. The van der Waals surface area contributed by atoms with Gasteiger partial charge in [-0.1, -0.05) is 48.1 Å². The molecule has 1 N–H and O–H groups in total. The summed E-state index contributed by atoms with van der Waals surface area (Å²) in [6, 6.07) is 6.38. The minimum Gasteiger partial charge on any atom is -0.453 e. The van der Waals surface area contributed by atoms with Crippen LogP contribution in [-0.2, 0) is 10.3 Å². The highest BCUT2D eigenvalue weighted by molar-refractivity contribution is 6.30. The first kappa shape index (κ1) is 14.9. The van der Waals surface area contributed by atoms with Crippen LogP contribution in [0.4, 0.5) is 5.69 Å². The molecule has 1 unspecified atom stereocenters. The van der Waals surface area contributed by atoms with Gasteiger partial charge in [0.2, 0.25) is 0 Å². The van der Waals surface area contributed by atoms with Gasteiger partial charge in [0.1, 0.15) is 5.60 Å². The second-order valence-electron chi connectivity index (χ2n) is 5.48. The molecule has 1 aromatic rings. The molecule has 1 atom stereocenters. The van der Waals surface area contributed by atoms with Crippen molar-refractivity contribution in [2.75, 3.05) is 11.9 Å². The number of hydrogen-bond donors (Lipinski definition) is 1. The molecule has 0 bridgehead atoms. The molecule has 2 aliphatic rings. The summed E-state index contributed by atoms with van der Waals surface area (Å²) in [4.78, 5) is 4.41. The van der Waals surface area contributed by atoms with E-state index in [1.54, 1.807) is 0 Å². The highest BCUT2D eigenvalue weighted by atomic mass is 35.5. The normalized spacial score (nSPS) is 25.5. The van der Waals surface area contributed by atoms with Crippen molar-refractivity contribution in [3.05, 3.63) is 65.2 Å². The Kier molecular flexibility index (Phi) is 4.08. The van der Waals surface area contributed by atoms with Crippen LogP contribution >= 0.6 is 11.6 Å². The standard InChI is InChI=1S/C18H19ClN2O/c1-3-20-17-21-16-11-10-14(19)12-15(16)18(2,22-17)13-8-6-4-5-7-9-13/h4-13H,3H2,1-2H3,(H,20,21). The number of aliphatic imine (C=N–C) groups is 1. The molecule has 3 rings (SSSR count). The Morgan fingerprint density at radius 3 is 2.64 bits per heavy atom. The summed E-state index contributed by atoms with van der Waals surface area (Å²) in [7, 11) is 0. The number of allylic oxidation sites excluding steroid dienone is 4. The highest BCUT2D eigenvalue weighted by Gasteiger charge is 2.41. The molecule has 0 aromatic heterocycles. The fourth-order valence-electron chi connectivity index (χ4n) is 2.82. The molecule has 22 heavy (non-hydrogen) atoms. The van der Waals surface area contributed by atoms with Crippen molar-refractivity contribution < 1.29 is 4.74 Å². The Labute approximate surface area is 136 Å². The predicted octanol–water partition coefficient (Wildman–Crippen LogP) is 4.67. The SMILES string of the molecule is CCN=C1Nc2ccc(Cl)cc2C(C)(C2C=CC=CC=C2)O1. The van der Waals surface area contributed by atoms with Gasteiger partial charge in [-0.25, -0.2) is 4.99 Å². The maximum Gasteiger partial charge on any atom is 0.290 e. The van der Waals surface area contributed by atoms with Crippen LogP contribution in [0.15, 0.2) is 59.6 Å². The van der Waals surface area contributed by atoms with E-state index in [-0.39, 0.29) is 5.92 Å². The van der Waals surface area contributed by atoms with Gasteiger partial charge in [0.25, 0.3) is 6.02 Å². The third kappa shape index (κ3) is 2.69. The first-order valence-electron chi connectivity index (χ1n) is 7.45. The van der Waals surface area contributed by atoms with Gasteiger partial charge in [0, 0.05) is 28.7 Å². The number of amidine groups is 1. The Balaban J connectivity index is 2.12. The van der Waals surface area contributed by atoms with Crippen LogP contribution in [0.5, 0.6) is 0 Å². The zero-order valence-corrected chi connectivity index (χ0v) is 13.5. The number of rotatable bonds is 2. The Morgan fingerprint density at radius 1 is 1.23 bits per heavy atom. The quantitative estimate of drug-likeness (QED) is 0.860. The molecular weight excluding hydrogens is 296 g/mol. The smallest absolute Gasteiger partial charge is 0.290 e. The molecule has 0 fully saturated rings. The highest BCUT2D eigenvalue weighted by Crippen LogP contribution is 2.43. The van der Waals surface area contributed by atoms with E-state index in [1.165, 1.54) is 0 Å². The number of ether oxygens (including phenoxy) is 1. The Hall–Kier alpha value is -2.00. The topological polar surface area (TPSA) is 33.6 Å². The van der Waals surface area contributed by atoms with E-state index in [0.717, 1.165) is 11.3 Å². The summed E-state index contributed by atoms with van der Waals surface area (Å²) in [6.45, 7) is 4.74. The zero-order valence-electron chi connectivity index (χ0n) is 12.7. The minimum absolute atomic E-state index is 0.0869. The molecule has 1 aromatic carbocycles. The predicted molar refractivity (Wildman–Crippen MR) is 92.4 cm³/mol. The lowest BCUT2D eigenvalue weighted by atomic mass is 9.80. The van der Waals surface area contributed by atoms with Crippen LogP contribution in [-0.4, -0.2) is 12.6 Å². The summed E-state index contributed by atoms with van der Waals surface area (Å²) in [6.07, 6.45) is 12.4. The van der Waals surface area contributed by atoms with Crippen molar-refractivity contribution in [2.24, 2.45) is 10.9 Å². The number of nitrogens with zero attached hydrogens (tertiary/aromatic N) is 1. The van der Waals surface area contributed by atoms with Crippen LogP contribution in [0.2, 0.25) is 5.02 Å². The fraction of sp³-hybridized carbons (Fsp3) is 0.278. The lowest BCUT2D eigenvalue weighted by molar-refractivity contribution is 0.0419. The van der Waals surface area contributed by atoms with Gasteiger partial charge in [-0.3, -0.25) is 0 Å². The number of fused-ring (bicyclic) bond motifs is 1. The molecule has 1 aliphatic heterocycles. The number of hydrogen-bond acceptors (Lipinski definition) is 2. The summed E-state index contributed by atoms with van der Waals surface area (Å²) in [5.74, 6) is 0.0869. The average Bonchev–Trinajstić information content (AvgIpc) is 2.78. The van der Waals surface area contributed by atoms with Gasteiger partial charge >= 0.3 is 0 Å². The first-order valence-corrected chi connectivity index (χ1v) is 7.83. The van der Waals surface area contributed by atoms with Crippen LogP contribution < -0.4 is 5.32 Å². The van der Waals surface area contributed by atoms with Crippen molar-refractivity contribution in [1.29, 1.82) is 0 Å². The van der Waals surface area contributed by atoms with Gasteiger partial charge < -0.3 is 10.1 Å². The third-order valence-electron chi connectivity index (χ3n) is 3.97. The van der Waals surface area contributed by atoms with Gasteiger partial charge in [-0.2, -0.15) is 0 Å². The van der Waals surface area contributed by atoms with Gasteiger partial charge in [-0.15, -0.1) is 0 Å². The number of anilines is 1. The fourth-order valence-corrected chi connectivity index (χ4v) is 3.00. The van der Waals surface area contributed by atoms with Crippen molar-refractivity contribution in [3.63, 3.8) is 0 Å². The first-order chi connectivity index (χ1) is 10.6. The van der Waals surface area contributed by atoms with Crippen LogP contribution in [0.3, 0.4) is 0 Å². The van der Waals surface area contributed by atoms with E-state index in [2.05, 4.69) is 29.4 Å². The molecule has 0 saturated heterocycles. The Bertz CT molecular complexity index is 674. The Morgan fingerprint density at radius 2 is 1.95 bits per heavy atom. The van der Waals surface area contributed by atoms with E-state index in [1.807, 2.05) is 49.4 Å². The third-order valence-corrected chi connectivity index (χ3v) is 4.21. The lowest BCUT2D eigenvalue weighted by Gasteiger charge is -2.41. The van der Waals surface area contributed by atoms with Gasteiger partial charge in [0.05, 0.1) is 0 Å². The van der Waals surface area contributed by atoms with E-state index in [0.29, 0.717) is 17.6 Å². The van der Waals surface area contributed by atoms with Crippen LogP contribution in [0.25, 0.3) is 0 Å². The van der Waals surface area contributed by atoms with Crippen molar-refractivity contribution >= 4 is 23.3 Å². The molecule has 0 saturated carbocycles. The molecule has 0 radical (unpaired) electrons. The monoisotopic (exact) mass is 314 g/mol. The van der Waals surface area contributed by atoms with Gasteiger partial charge in [0.15, 0.2) is 0 Å². The maximum absolute atomic E-state index is 6.24. The van der Waals surface area contributed by atoms with Crippen LogP contribution in [0, 0.1) is 5.92 Å². The second kappa shape index (κ2) is 6.01.